The number of carbonyl (C=O) groups excluding carboxylic acids is 1. The number of hydrogen-bond acceptors (Lipinski definition) is 3. The molecule has 2 aliphatic rings. The third-order valence-corrected chi connectivity index (χ3v) is 3.85. The van der Waals surface area contributed by atoms with Crippen LogP contribution in [-0.4, -0.2) is 41.3 Å². The van der Waals surface area contributed by atoms with Crippen LogP contribution in [0.2, 0.25) is 0 Å². The van der Waals surface area contributed by atoms with Crippen LogP contribution in [-0.2, 0) is 9.53 Å². The molecule has 0 saturated carbocycles. The van der Waals surface area contributed by atoms with E-state index in [1.165, 1.54) is 0 Å². The van der Waals surface area contributed by atoms with Gasteiger partial charge in [-0.15, -0.1) is 0 Å². The minimum absolute atomic E-state index is 0.0362. The highest BCUT2D eigenvalue weighted by Gasteiger charge is 2.42. The number of carbonyl (C=O) groups is 1. The maximum atomic E-state index is 12.2. The molecular formula is C13H24N2O2. The van der Waals surface area contributed by atoms with Crippen molar-refractivity contribution in [3.05, 3.63) is 0 Å². The van der Waals surface area contributed by atoms with Crippen molar-refractivity contribution in [3.63, 3.8) is 0 Å². The molecule has 4 heteroatoms. The molecule has 3 atom stereocenters. The summed E-state index contributed by atoms with van der Waals surface area (Å²) in [5.74, 6) is 0.250. The van der Waals surface area contributed by atoms with Crippen molar-refractivity contribution in [2.75, 3.05) is 6.61 Å². The lowest BCUT2D eigenvalue weighted by Crippen LogP contribution is -2.50. The smallest absolute Gasteiger partial charge is 0.240 e. The Hall–Kier alpha value is -0.610. The van der Waals surface area contributed by atoms with E-state index in [4.69, 9.17) is 4.74 Å². The molecule has 0 aromatic carbocycles. The predicted molar refractivity (Wildman–Crippen MR) is 66.6 cm³/mol. The molecule has 1 amide bonds. The zero-order valence-corrected chi connectivity index (χ0v) is 11.3. The Kier molecular flexibility index (Phi) is 3.46. The van der Waals surface area contributed by atoms with Gasteiger partial charge < -0.3 is 9.64 Å². The zero-order valence-electron chi connectivity index (χ0n) is 11.3. The molecule has 0 spiro atoms. The SMILES string of the molecule is CCC1NC(C)C(=O)N1C1CCOC(C)(C)C1. The van der Waals surface area contributed by atoms with Gasteiger partial charge in [-0.25, -0.2) is 0 Å². The van der Waals surface area contributed by atoms with Crippen molar-refractivity contribution in [3.8, 4) is 0 Å². The van der Waals surface area contributed by atoms with Gasteiger partial charge in [-0.2, -0.15) is 0 Å². The summed E-state index contributed by atoms with van der Waals surface area (Å²) in [7, 11) is 0. The van der Waals surface area contributed by atoms with E-state index in [0.717, 1.165) is 25.9 Å². The molecule has 2 fully saturated rings. The van der Waals surface area contributed by atoms with Crippen LogP contribution in [0.3, 0.4) is 0 Å². The van der Waals surface area contributed by atoms with Crippen molar-refractivity contribution in [2.45, 2.75) is 70.8 Å². The van der Waals surface area contributed by atoms with Gasteiger partial charge in [0.15, 0.2) is 0 Å². The predicted octanol–water partition coefficient (Wildman–Crippen LogP) is 1.50. The van der Waals surface area contributed by atoms with Crippen molar-refractivity contribution in [2.24, 2.45) is 0 Å². The average molecular weight is 240 g/mol. The summed E-state index contributed by atoms with van der Waals surface area (Å²) in [5.41, 5.74) is -0.104. The molecule has 2 aliphatic heterocycles. The molecule has 2 rings (SSSR count). The van der Waals surface area contributed by atoms with Crippen LogP contribution in [0.25, 0.3) is 0 Å². The van der Waals surface area contributed by atoms with Crippen molar-refractivity contribution < 1.29 is 9.53 Å². The summed E-state index contributed by atoms with van der Waals surface area (Å²) in [5, 5.41) is 3.36. The maximum absolute atomic E-state index is 12.2. The van der Waals surface area contributed by atoms with E-state index in [1.807, 2.05) is 6.92 Å². The summed E-state index contributed by atoms with van der Waals surface area (Å²) in [6.07, 6.45) is 3.06. The second-order valence-corrected chi connectivity index (χ2v) is 5.81. The van der Waals surface area contributed by atoms with Gasteiger partial charge in [0.25, 0.3) is 0 Å². The third kappa shape index (κ3) is 2.47. The van der Waals surface area contributed by atoms with Gasteiger partial charge in [0.2, 0.25) is 5.91 Å². The highest BCUT2D eigenvalue weighted by Crippen LogP contribution is 2.30. The Morgan fingerprint density at radius 2 is 2.24 bits per heavy atom. The summed E-state index contributed by atoms with van der Waals surface area (Å²) >= 11 is 0. The average Bonchev–Trinajstić information content (AvgIpc) is 2.53. The normalized spacial score (nSPS) is 37.5. The second kappa shape index (κ2) is 4.58. The first-order chi connectivity index (χ1) is 7.94. The van der Waals surface area contributed by atoms with Crippen LogP contribution in [0, 0.1) is 0 Å². The van der Waals surface area contributed by atoms with Crippen molar-refractivity contribution >= 4 is 5.91 Å². The fourth-order valence-electron chi connectivity index (χ4n) is 3.00. The van der Waals surface area contributed by atoms with E-state index in [-0.39, 0.29) is 23.7 Å². The van der Waals surface area contributed by atoms with Crippen LogP contribution in [0.1, 0.15) is 47.0 Å². The Bertz CT molecular complexity index is 304. The molecule has 0 bridgehead atoms. The van der Waals surface area contributed by atoms with E-state index >= 15 is 0 Å². The first-order valence-corrected chi connectivity index (χ1v) is 6.67. The summed E-state index contributed by atoms with van der Waals surface area (Å²) in [6, 6.07) is 0.291. The van der Waals surface area contributed by atoms with Crippen LogP contribution >= 0.6 is 0 Å². The molecule has 3 unspecified atom stereocenters. The molecule has 1 N–H and O–H groups in total. The van der Waals surface area contributed by atoms with Gasteiger partial charge in [0.1, 0.15) is 0 Å². The van der Waals surface area contributed by atoms with E-state index in [2.05, 4.69) is 31.0 Å². The molecule has 0 aliphatic carbocycles. The largest absolute Gasteiger partial charge is 0.375 e. The van der Waals surface area contributed by atoms with Crippen LogP contribution in [0.15, 0.2) is 0 Å². The lowest BCUT2D eigenvalue weighted by atomic mass is 9.92. The lowest BCUT2D eigenvalue weighted by Gasteiger charge is -2.41. The number of ether oxygens (including phenoxy) is 1. The molecular weight excluding hydrogens is 216 g/mol. The molecule has 17 heavy (non-hydrogen) atoms. The van der Waals surface area contributed by atoms with E-state index < -0.39 is 0 Å². The number of rotatable bonds is 2. The molecule has 98 valence electrons. The number of nitrogens with one attached hydrogen (secondary N) is 1. The van der Waals surface area contributed by atoms with Gasteiger partial charge in [0, 0.05) is 12.6 Å². The Morgan fingerprint density at radius 1 is 1.53 bits per heavy atom. The number of hydrogen-bond donors (Lipinski definition) is 1. The second-order valence-electron chi connectivity index (χ2n) is 5.81. The third-order valence-electron chi connectivity index (χ3n) is 3.85. The fourth-order valence-corrected chi connectivity index (χ4v) is 3.00. The summed E-state index contributed by atoms with van der Waals surface area (Å²) in [6.45, 7) is 9.05. The van der Waals surface area contributed by atoms with Crippen LogP contribution in [0.4, 0.5) is 0 Å². The topological polar surface area (TPSA) is 41.6 Å². The Labute approximate surface area is 104 Å². The first-order valence-electron chi connectivity index (χ1n) is 6.67. The molecule has 2 saturated heterocycles. The molecule has 0 radical (unpaired) electrons. The van der Waals surface area contributed by atoms with Crippen LogP contribution < -0.4 is 5.32 Å². The van der Waals surface area contributed by atoms with E-state index in [0.29, 0.717) is 6.04 Å². The maximum Gasteiger partial charge on any atom is 0.240 e. The standard InChI is InChI=1S/C13H24N2O2/c1-5-11-14-9(2)12(16)15(11)10-6-7-17-13(3,4)8-10/h9-11,14H,5-8H2,1-4H3. The van der Waals surface area contributed by atoms with Gasteiger partial charge >= 0.3 is 0 Å². The van der Waals surface area contributed by atoms with Gasteiger partial charge in [-0.05, 0) is 40.0 Å². The fraction of sp³-hybridized carbons (Fsp3) is 0.923. The quantitative estimate of drug-likeness (QED) is 0.795. The minimum atomic E-state index is -0.104. The Morgan fingerprint density at radius 3 is 2.82 bits per heavy atom. The molecule has 4 nitrogen and oxygen atoms in total. The number of amides is 1. The van der Waals surface area contributed by atoms with Gasteiger partial charge in [-0.3, -0.25) is 10.1 Å². The summed E-state index contributed by atoms with van der Waals surface area (Å²) in [4.78, 5) is 14.3. The summed E-state index contributed by atoms with van der Waals surface area (Å²) < 4.78 is 5.73. The van der Waals surface area contributed by atoms with E-state index in [9.17, 15) is 4.79 Å². The number of nitrogens with zero attached hydrogens (tertiary/aromatic N) is 1. The van der Waals surface area contributed by atoms with Crippen molar-refractivity contribution in [1.82, 2.24) is 10.2 Å². The van der Waals surface area contributed by atoms with Crippen molar-refractivity contribution in [1.29, 1.82) is 0 Å². The molecule has 2 heterocycles. The molecule has 0 aromatic rings. The minimum Gasteiger partial charge on any atom is -0.375 e. The highest BCUT2D eigenvalue weighted by atomic mass is 16.5. The van der Waals surface area contributed by atoms with Crippen LogP contribution in [0.5, 0.6) is 0 Å². The van der Waals surface area contributed by atoms with E-state index in [1.54, 1.807) is 0 Å². The first kappa shape index (κ1) is 12.8. The van der Waals surface area contributed by atoms with Gasteiger partial charge in [-0.1, -0.05) is 6.92 Å². The van der Waals surface area contributed by atoms with Gasteiger partial charge in [0.05, 0.1) is 17.8 Å². The highest BCUT2D eigenvalue weighted by molar-refractivity contribution is 5.84. The monoisotopic (exact) mass is 240 g/mol. The zero-order chi connectivity index (χ0) is 12.6. The molecule has 0 aromatic heterocycles. The Balaban J connectivity index is 2.12. The lowest BCUT2D eigenvalue weighted by molar-refractivity contribution is -0.139.